The molecule has 152 valence electrons. The van der Waals surface area contributed by atoms with E-state index in [9.17, 15) is 9.59 Å². The smallest absolute Gasteiger partial charge is 0.151 e. The minimum atomic E-state index is -0.622. The number of aryl methyl sites for hydroxylation is 3. The molecule has 1 aromatic heterocycles. The summed E-state index contributed by atoms with van der Waals surface area (Å²) in [6.45, 7) is 9.10. The molecule has 2 heterocycles. The molecule has 2 aliphatic rings. The summed E-state index contributed by atoms with van der Waals surface area (Å²) in [5, 5.41) is 0. The number of rotatable bonds is 4. The third kappa shape index (κ3) is 3.97. The Morgan fingerprint density at radius 3 is 2.45 bits per heavy atom. The first-order chi connectivity index (χ1) is 13.9. The lowest BCUT2D eigenvalue weighted by Gasteiger charge is -2.28. The number of morpholine rings is 1. The number of anilines is 1. The zero-order valence-corrected chi connectivity index (χ0v) is 17.4. The van der Waals surface area contributed by atoms with Crippen LogP contribution in [0.5, 0.6) is 0 Å². The van der Waals surface area contributed by atoms with Crippen LogP contribution >= 0.6 is 0 Å². The predicted molar refractivity (Wildman–Crippen MR) is 112 cm³/mol. The number of benzene rings is 1. The first kappa shape index (κ1) is 19.8. The second kappa shape index (κ2) is 8.07. The van der Waals surface area contributed by atoms with Crippen LogP contribution in [0.15, 0.2) is 30.3 Å². The molecule has 5 heteroatoms. The lowest BCUT2D eigenvalue weighted by Crippen LogP contribution is -2.36. The van der Waals surface area contributed by atoms with Gasteiger partial charge in [-0.25, -0.2) is 4.98 Å². The fourth-order valence-electron chi connectivity index (χ4n) is 4.78. The van der Waals surface area contributed by atoms with Crippen LogP contribution in [0.25, 0.3) is 0 Å². The molecule has 0 N–H and O–H groups in total. The van der Waals surface area contributed by atoms with Gasteiger partial charge in [0.15, 0.2) is 5.78 Å². The van der Waals surface area contributed by atoms with Crippen LogP contribution in [-0.4, -0.2) is 42.9 Å². The number of nitrogens with zero attached hydrogens (tertiary/aromatic N) is 2. The van der Waals surface area contributed by atoms with Crippen molar-refractivity contribution in [2.24, 2.45) is 5.92 Å². The monoisotopic (exact) mass is 392 g/mol. The van der Waals surface area contributed by atoms with E-state index in [1.807, 2.05) is 39.0 Å². The number of aromatic nitrogens is 1. The maximum absolute atomic E-state index is 13.2. The average molecular weight is 392 g/mol. The molecule has 0 radical (unpaired) electrons. The molecule has 0 amide bonds. The summed E-state index contributed by atoms with van der Waals surface area (Å²) >= 11 is 0. The van der Waals surface area contributed by atoms with Gasteiger partial charge in [-0.05, 0) is 56.0 Å². The molecule has 1 aromatic carbocycles. The first-order valence-corrected chi connectivity index (χ1v) is 10.4. The molecule has 4 rings (SSSR count). The number of hydrogen-bond acceptors (Lipinski definition) is 5. The van der Waals surface area contributed by atoms with Gasteiger partial charge in [0.2, 0.25) is 0 Å². The number of pyridine rings is 1. The van der Waals surface area contributed by atoms with Gasteiger partial charge >= 0.3 is 0 Å². The van der Waals surface area contributed by atoms with Crippen molar-refractivity contribution in [3.8, 4) is 0 Å². The van der Waals surface area contributed by atoms with Crippen molar-refractivity contribution in [3.05, 3.63) is 58.3 Å². The van der Waals surface area contributed by atoms with Gasteiger partial charge in [0.05, 0.1) is 13.2 Å². The second-order valence-electron chi connectivity index (χ2n) is 8.31. The highest BCUT2D eigenvalue weighted by Gasteiger charge is 2.43. The van der Waals surface area contributed by atoms with Gasteiger partial charge in [-0.1, -0.05) is 23.8 Å². The van der Waals surface area contributed by atoms with E-state index in [4.69, 9.17) is 9.72 Å². The Morgan fingerprint density at radius 1 is 1.07 bits per heavy atom. The molecule has 2 fully saturated rings. The summed E-state index contributed by atoms with van der Waals surface area (Å²) in [4.78, 5) is 33.0. The van der Waals surface area contributed by atoms with E-state index in [1.54, 1.807) is 0 Å². The molecule has 2 aromatic rings. The third-order valence-corrected chi connectivity index (χ3v) is 6.07. The Kier molecular flexibility index (Phi) is 5.50. The highest BCUT2D eigenvalue weighted by Crippen LogP contribution is 2.37. The van der Waals surface area contributed by atoms with Gasteiger partial charge in [0.25, 0.3) is 0 Å². The topological polar surface area (TPSA) is 59.5 Å². The summed E-state index contributed by atoms with van der Waals surface area (Å²) in [6.07, 6.45) is 0.822. The van der Waals surface area contributed by atoms with E-state index in [0.717, 1.165) is 46.9 Å². The van der Waals surface area contributed by atoms with Crippen LogP contribution in [0.1, 0.15) is 40.3 Å². The van der Waals surface area contributed by atoms with Gasteiger partial charge in [0, 0.05) is 31.1 Å². The van der Waals surface area contributed by atoms with Crippen LogP contribution in [0.3, 0.4) is 0 Å². The van der Waals surface area contributed by atoms with Crippen molar-refractivity contribution in [1.29, 1.82) is 0 Å². The molecule has 2 atom stereocenters. The van der Waals surface area contributed by atoms with E-state index in [1.165, 1.54) is 0 Å². The molecule has 5 nitrogen and oxygen atoms in total. The SMILES string of the molecule is Cc1cc(C)c(C2C(=O)CC(Cc3cccc(N4CCOCC4)n3)C2=O)c(C)c1. The summed E-state index contributed by atoms with van der Waals surface area (Å²) in [7, 11) is 0. The minimum Gasteiger partial charge on any atom is -0.378 e. The van der Waals surface area contributed by atoms with Crippen molar-refractivity contribution in [2.45, 2.75) is 39.5 Å². The van der Waals surface area contributed by atoms with Crippen LogP contribution in [0.4, 0.5) is 5.82 Å². The van der Waals surface area contributed by atoms with E-state index in [-0.39, 0.29) is 17.5 Å². The Hall–Kier alpha value is -2.53. The Labute approximate surface area is 172 Å². The maximum Gasteiger partial charge on any atom is 0.151 e. The van der Waals surface area contributed by atoms with E-state index in [2.05, 4.69) is 17.0 Å². The number of ketones is 2. The van der Waals surface area contributed by atoms with Crippen molar-refractivity contribution in [1.82, 2.24) is 4.98 Å². The van der Waals surface area contributed by atoms with Crippen LogP contribution in [0, 0.1) is 26.7 Å². The van der Waals surface area contributed by atoms with Crippen LogP contribution in [0.2, 0.25) is 0 Å². The minimum absolute atomic E-state index is 0.0411. The van der Waals surface area contributed by atoms with E-state index < -0.39 is 5.92 Å². The molecule has 1 aliphatic carbocycles. The molecule has 1 saturated heterocycles. The second-order valence-corrected chi connectivity index (χ2v) is 8.31. The number of ether oxygens (including phenoxy) is 1. The predicted octanol–water partition coefficient (Wildman–Crippen LogP) is 3.33. The molecule has 0 spiro atoms. The maximum atomic E-state index is 13.2. The van der Waals surface area contributed by atoms with Crippen molar-refractivity contribution < 1.29 is 14.3 Å². The summed E-state index contributed by atoms with van der Waals surface area (Å²) in [6, 6.07) is 10.1. The van der Waals surface area contributed by atoms with E-state index in [0.29, 0.717) is 26.1 Å². The quantitative estimate of drug-likeness (QED) is 0.747. The summed E-state index contributed by atoms with van der Waals surface area (Å²) < 4.78 is 5.41. The summed E-state index contributed by atoms with van der Waals surface area (Å²) in [5.74, 6) is 0.0930. The van der Waals surface area contributed by atoms with Gasteiger partial charge in [-0.3, -0.25) is 9.59 Å². The Morgan fingerprint density at radius 2 is 1.76 bits per heavy atom. The van der Waals surface area contributed by atoms with Crippen molar-refractivity contribution in [3.63, 3.8) is 0 Å². The number of carbonyl (C=O) groups excluding carboxylic acids is 2. The Bertz CT molecular complexity index is 924. The average Bonchev–Trinajstić information content (AvgIpc) is 2.96. The lowest BCUT2D eigenvalue weighted by molar-refractivity contribution is -0.124. The lowest BCUT2D eigenvalue weighted by atomic mass is 9.86. The molecule has 0 bridgehead atoms. The molecular weight excluding hydrogens is 364 g/mol. The fourth-order valence-corrected chi connectivity index (χ4v) is 4.78. The summed E-state index contributed by atoms with van der Waals surface area (Å²) in [5.41, 5.74) is 4.99. The van der Waals surface area contributed by atoms with E-state index >= 15 is 0 Å². The first-order valence-electron chi connectivity index (χ1n) is 10.4. The largest absolute Gasteiger partial charge is 0.378 e. The van der Waals surface area contributed by atoms with Crippen LogP contribution < -0.4 is 4.90 Å². The van der Waals surface area contributed by atoms with Crippen molar-refractivity contribution in [2.75, 3.05) is 31.2 Å². The number of hydrogen-bond donors (Lipinski definition) is 0. The zero-order chi connectivity index (χ0) is 20.5. The Balaban J connectivity index is 1.54. The standard InChI is InChI=1S/C24H28N2O3/c1-15-11-16(2)22(17(3)12-15)23-20(27)14-18(24(23)28)13-19-5-4-6-21(25-19)26-7-9-29-10-8-26/h4-6,11-12,18,23H,7-10,13-14H2,1-3H3. The van der Waals surface area contributed by atoms with Gasteiger partial charge in [-0.2, -0.15) is 0 Å². The molecular formula is C24H28N2O3. The highest BCUT2D eigenvalue weighted by atomic mass is 16.5. The number of Topliss-reactive ketones (excluding diaryl/α,β-unsaturated/α-hetero) is 2. The number of carbonyl (C=O) groups is 2. The zero-order valence-electron chi connectivity index (χ0n) is 17.4. The van der Waals surface area contributed by atoms with Gasteiger partial charge < -0.3 is 9.64 Å². The fraction of sp³-hybridized carbons (Fsp3) is 0.458. The molecule has 1 saturated carbocycles. The molecule has 2 unspecified atom stereocenters. The van der Waals surface area contributed by atoms with Gasteiger partial charge in [0.1, 0.15) is 17.5 Å². The molecule has 1 aliphatic heterocycles. The normalized spacial score (nSPS) is 22.4. The van der Waals surface area contributed by atoms with Crippen LogP contribution in [-0.2, 0) is 20.7 Å². The highest BCUT2D eigenvalue weighted by molar-refractivity contribution is 6.15. The third-order valence-electron chi connectivity index (χ3n) is 6.07. The molecule has 29 heavy (non-hydrogen) atoms. The van der Waals surface area contributed by atoms with Gasteiger partial charge in [-0.15, -0.1) is 0 Å². The van der Waals surface area contributed by atoms with Crippen molar-refractivity contribution >= 4 is 17.4 Å².